The number of hydrogen-bond donors (Lipinski definition) is 3. The molecule has 1 amide bonds. The molecule has 0 bridgehead atoms. The Morgan fingerprint density at radius 3 is 2.00 bits per heavy atom. The maximum absolute atomic E-state index is 11.7. The van der Waals surface area contributed by atoms with Gasteiger partial charge in [0, 0.05) is 5.56 Å². The molecule has 0 aliphatic carbocycles. The predicted molar refractivity (Wildman–Crippen MR) is 76.6 cm³/mol. The number of carbonyl (C=O) groups excluding carboxylic acids is 1. The van der Waals surface area contributed by atoms with Crippen LogP contribution in [0.15, 0.2) is 24.3 Å². The van der Waals surface area contributed by atoms with Gasteiger partial charge in [0.25, 0.3) is 5.91 Å². The zero-order valence-corrected chi connectivity index (χ0v) is 9.71. The Morgan fingerprint density at radius 2 is 1.60 bits per heavy atom. The van der Waals surface area contributed by atoms with Gasteiger partial charge >= 0.3 is 71.1 Å². The average molecular weight is 299 g/mol. The molecule has 1 aromatic rings. The third-order valence-electron chi connectivity index (χ3n) is 2.30. The molecule has 6 nitrogen and oxygen atoms in total. The van der Waals surface area contributed by atoms with Crippen LogP contribution in [0.1, 0.15) is 22.3 Å². The molecule has 8 heteroatoms. The van der Waals surface area contributed by atoms with Gasteiger partial charge in [-0.15, -0.1) is 0 Å². The van der Waals surface area contributed by atoms with Crippen LogP contribution >= 0.6 is 0 Å². The van der Waals surface area contributed by atoms with E-state index in [-0.39, 0.29) is 64.7 Å². The number of hydrogen-bond acceptors (Lipinski definition) is 3. The van der Waals surface area contributed by atoms with E-state index in [1.54, 1.807) is 24.3 Å². The van der Waals surface area contributed by atoms with Gasteiger partial charge in [-0.25, -0.2) is 4.79 Å². The summed E-state index contributed by atoms with van der Waals surface area (Å²) in [6, 6.07) is 5.08. The second kappa shape index (κ2) is 10.4. The van der Waals surface area contributed by atoms with Crippen LogP contribution in [0.5, 0.6) is 0 Å². The molecule has 0 heterocycles. The summed E-state index contributed by atoms with van der Waals surface area (Å²) in [4.78, 5) is 32.9. The van der Waals surface area contributed by atoms with Crippen molar-refractivity contribution in [1.29, 1.82) is 0 Å². The number of amides is 1. The summed E-state index contributed by atoms with van der Waals surface area (Å²) in [5.74, 6) is -3.27. The van der Waals surface area contributed by atoms with E-state index in [1.165, 1.54) is 0 Å². The monoisotopic (exact) mass is 299 g/mol. The quantitative estimate of drug-likeness (QED) is 0.627. The van der Waals surface area contributed by atoms with Gasteiger partial charge in [0.1, 0.15) is 6.04 Å². The molecule has 1 atom stereocenters. The first-order chi connectivity index (χ1) is 8.40. The fraction of sp³-hybridized carbons (Fsp3) is 0.250. The van der Waals surface area contributed by atoms with Crippen molar-refractivity contribution in [3.8, 4) is 0 Å². The molecule has 0 spiro atoms. The Balaban J connectivity index is 0. The number of benzene rings is 1. The number of aryl methyl sites for hydroxylation is 1. The Morgan fingerprint density at radius 1 is 1.10 bits per heavy atom. The third kappa shape index (κ3) is 7.42. The van der Waals surface area contributed by atoms with Gasteiger partial charge in [0.2, 0.25) is 0 Å². The molecule has 3 N–H and O–H groups in total. The molecule has 0 saturated carbocycles. The van der Waals surface area contributed by atoms with Crippen molar-refractivity contribution in [1.82, 2.24) is 5.32 Å². The van der Waals surface area contributed by atoms with E-state index < -0.39 is 30.3 Å². The second-order valence-corrected chi connectivity index (χ2v) is 3.83. The molecule has 0 radical (unpaired) electrons. The van der Waals surface area contributed by atoms with Crippen molar-refractivity contribution in [2.75, 3.05) is 0 Å². The third-order valence-corrected chi connectivity index (χ3v) is 2.30. The standard InChI is InChI=1S/C12H13NO5.2Na.2H/c1-7-2-4-8(5-3-7)11(16)13-9(12(17)18)6-10(14)15;;;;/h2-5,9H,6H2,1H3,(H,13,16)(H,14,15)(H,17,18);;;;/t9-;;;;/m0..../s1. The van der Waals surface area contributed by atoms with Crippen LogP contribution in [0.25, 0.3) is 0 Å². The first kappa shape index (κ1) is 21.9. The maximum atomic E-state index is 11.7. The molecule has 1 aromatic carbocycles. The Labute approximate surface area is 160 Å². The van der Waals surface area contributed by atoms with Crippen LogP contribution in [0.4, 0.5) is 0 Å². The van der Waals surface area contributed by atoms with Gasteiger partial charge in [-0.1, -0.05) is 17.7 Å². The molecule has 1 rings (SSSR count). The van der Waals surface area contributed by atoms with Gasteiger partial charge in [-0.3, -0.25) is 9.59 Å². The van der Waals surface area contributed by atoms with Gasteiger partial charge in [0.15, 0.2) is 0 Å². The molecule has 0 aliphatic heterocycles. The van der Waals surface area contributed by atoms with Gasteiger partial charge in [0.05, 0.1) is 6.42 Å². The number of carboxylic acids is 2. The van der Waals surface area contributed by atoms with Crippen molar-refractivity contribution < 1.29 is 24.6 Å². The van der Waals surface area contributed by atoms with Gasteiger partial charge in [-0.2, -0.15) is 0 Å². The summed E-state index contributed by atoms with van der Waals surface area (Å²) in [7, 11) is 0. The van der Waals surface area contributed by atoms with Crippen molar-refractivity contribution in [3.63, 3.8) is 0 Å². The Hall–Kier alpha value is -0.370. The number of rotatable bonds is 5. The molecule has 0 aromatic heterocycles. The van der Waals surface area contributed by atoms with Crippen LogP contribution in [0.3, 0.4) is 0 Å². The predicted octanol–water partition coefficient (Wildman–Crippen LogP) is -0.644. The average Bonchev–Trinajstić information content (AvgIpc) is 2.28. The molecule has 20 heavy (non-hydrogen) atoms. The summed E-state index contributed by atoms with van der Waals surface area (Å²) >= 11 is 0. The van der Waals surface area contributed by atoms with Crippen LogP contribution in [-0.4, -0.2) is 93.2 Å². The van der Waals surface area contributed by atoms with Crippen LogP contribution in [0.2, 0.25) is 0 Å². The molecular weight excluding hydrogens is 284 g/mol. The van der Waals surface area contributed by atoms with Crippen molar-refractivity contribution in [2.45, 2.75) is 19.4 Å². The number of carbonyl (C=O) groups is 3. The van der Waals surface area contributed by atoms with Crippen molar-refractivity contribution in [3.05, 3.63) is 35.4 Å². The number of nitrogens with one attached hydrogen (secondary N) is 1. The first-order valence-corrected chi connectivity index (χ1v) is 5.22. The summed E-state index contributed by atoms with van der Waals surface area (Å²) in [6.45, 7) is 1.85. The topological polar surface area (TPSA) is 104 Å². The SMILES string of the molecule is Cc1ccc(C(=O)N[C@@H](CC(=O)O)C(=O)O)cc1.[NaH].[NaH]. The fourth-order valence-corrected chi connectivity index (χ4v) is 1.32. The molecular formula is C12H15NNa2O5. The van der Waals surface area contributed by atoms with E-state index >= 15 is 0 Å². The van der Waals surface area contributed by atoms with E-state index in [2.05, 4.69) is 5.32 Å². The van der Waals surface area contributed by atoms with Crippen molar-refractivity contribution in [2.24, 2.45) is 0 Å². The zero-order valence-electron chi connectivity index (χ0n) is 9.71. The number of aliphatic carboxylic acids is 2. The van der Waals surface area contributed by atoms with E-state index in [0.717, 1.165) is 5.56 Å². The normalized spacial score (nSPS) is 10.4. The Bertz CT molecular complexity index is 475. The van der Waals surface area contributed by atoms with E-state index in [0.29, 0.717) is 0 Å². The minimum atomic E-state index is -1.43. The van der Waals surface area contributed by atoms with E-state index in [1.807, 2.05) is 6.92 Å². The van der Waals surface area contributed by atoms with Crippen LogP contribution in [0, 0.1) is 6.92 Å². The summed E-state index contributed by atoms with van der Waals surface area (Å²) < 4.78 is 0. The zero-order chi connectivity index (χ0) is 13.7. The summed E-state index contributed by atoms with van der Waals surface area (Å²) in [6.07, 6.45) is -0.660. The molecule has 0 saturated heterocycles. The molecule has 100 valence electrons. The minimum absolute atomic E-state index is 0. The summed E-state index contributed by atoms with van der Waals surface area (Å²) in [5, 5.41) is 19.5. The van der Waals surface area contributed by atoms with Crippen molar-refractivity contribution >= 4 is 77.0 Å². The van der Waals surface area contributed by atoms with E-state index in [9.17, 15) is 14.4 Å². The molecule has 0 fully saturated rings. The first-order valence-electron chi connectivity index (χ1n) is 5.22. The van der Waals surface area contributed by atoms with Crippen LogP contribution in [-0.2, 0) is 9.59 Å². The fourth-order valence-electron chi connectivity index (χ4n) is 1.32. The van der Waals surface area contributed by atoms with E-state index in [4.69, 9.17) is 10.2 Å². The second-order valence-electron chi connectivity index (χ2n) is 3.83. The molecule has 0 unspecified atom stereocenters. The molecule has 0 aliphatic rings. The van der Waals surface area contributed by atoms with Crippen LogP contribution < -0.4 is 5.32 Å². The van der Waals surface area contributed by atoms with Gasteiger partial charge in [-0.05, 0) is 19.1 Å². The summed E-state index contributed by atoms with van der Waals surface area (Å²) in [5.41, 5.74) is 1.25. The number of carboxylic acid groups (broad SMARTS) is 2. The Kier molecular flexibility index (Phi) is 11.4. The van der Waals surface area contributed by atoms with Gasteiger partial charge < -0.3 is 15.5 Å².